The standard InChI is InChI=1S/C14H13F2N3O3S/c1-22-13(21)11-6-23-14(18-11)19-12(20)10(17)5-7-2-3-8(15)9(16)4-7/h2-4,6,10H,5,17H2,1H3,(H,18,19,20)/t10-/m0/s1. The van der Waals surface area contributed by atoms with Crippen LogP contribution in [-0.2, 0) is 16.0 Å². The number of thiazole rings is 1. The van der Waals surface area contributed by atoms with Gasteiger partial charge >= 0.3 is 5.97 Å². The Balaban J connectivity index is 1.98. The van der Waals surface area contributed by atoms with Gasteiger partial charge in [0, 0.05) is 5.38 Å². The van der Waals surface area contributed by atoms with Crippen LogP contribution in [-0.4, -0.2) is 30.0 Å². The third-order valence-corrected chi connectivity index (χ3v) is 3.66. The van der Waals surface area contributed by atoms with Crippen LogP contribution in [0.15, 0.2) is 23.6 Å². The van der Waals surface area contributed by atoms with Gasteiger partial charge in [-0.1, -0.05) is 6.07 Å². The largest absolute Gasteiger partial charge is 0.464 e. The van der Waals surface area contributed by atoms with E-state index in [-0.39, 0.29) is 17.2 Å². The number of halogens is 2. The highest BCUT2D eigenvalue weighted by atomic mass is 32.1. The van der Waals surface area contributed by atoms with Crippen molar-refractivity contribution in [1.29, 1.82) is 0 Å². The molecule has 0 bridgehead atoms. The zero-order valence-electron chi connectivity index (χ0n) is 12.0. The first-order valence-corrected chi connectivity index (χ1v) is 7.33. The summed E-state index contributed by atoms with van der Waals surface area (Å²) >= 11 is 1.04. The molecule has 0 aliphatic carbocycles. The number of esters is 1. The number of methoxy groups -OCH3 is 1. The van der Waals surface area contributed by atoms with E-state index in [1.807, 2.05) is 0 Å². The number of carbonyl (C=O) groups is 2. The molecule has 1 aromatic heterocycles. The van der Waals surface area contributed by atoms with Crippen LogP contribution in [0.25, 0.3) is 0 Å². The van der Waals surface area contributed by atoms with Crippen molar-refractivity contribution in [2.75, 3.05) is 12.4 Å². The number of ether oxygens (including phenoxy) is 1. The van der Waals surface area contributed by atoms with Crippen molar-refractivity contribution >= 4 is 28.3 Å². The Morgan fingerprint density at radius 2 is 2.13 bits per heavy atom. The molecule has 0 aliphatic rings. The van der Waals surface area contributed by atoms with Crippen molar-refractivity contribution in [3.63, 3.8) is 0 Å². The van der Waals surface area contributed by atoms with E-state index in [0.717, 1.165) is 23.5 Å². The highest BCUT2D eigenvalue weighted by molar-refractivity contribution is 7.14. The number of hydrogen-bond acceptors (Lipinski definition) is 6. The summed E-state index contributed by atoms with van der Waals surface area (Å²) in [6.07, 6.45) is 0.0261. The van der Waals surface area contributed by atoms with Crippen molar-refractivity contribution in [2.24, 2.45) is 5.73 Å². The van der Waals surface area contributed by atoms with Gasteiger partial charge in [-0.25, -0.2) is 18.6 Å². The number of nitrogens with one attached hydrogen (secondary N) is 1. The van der Waals surface area contributed by atoms with Gasteiger partial charge in [0.05, 0.1) is 13.2 Å². The molecule has 0 radical (unpaired) electrons. The summed E-state index contributed by atoms with van der Waals surface area (Å²) in [5.74, 6) is -3.14. The van der Waals surface area contributed by atoms with Crippen LogP contribution in [0.1, 0.15) is 16.1 Å². The van der Waals surface area contributed by atoms with Gasteiger partial charge in [0.1, 0.15) is 0 Å². The Labute approximate surface area is 134 Å². The molecular formula is C14H13F2N3O3S. The van der Waals surface area contributed by atoms with Crippen LogP contribution < -0.4 is 11.1 Å². The monoisotopic (exact) mass is 341 g/mol. The molecule has 6 nitrogen and oxygen atoms in total. The molecule has 23 heavy (non-hydrogen) atoms. The fourth-order valence-corrected chi connectivity index (χ4v) is 2.42. The lowest BCUT2D eigenvalue weighted by molar-refractivity contribution is -0.117. The second kappa shape index (κ2) is 7.25. The van der Waals surface area contributed by atoms with Gasteiger partial charge in [-0.15, -0.1) is 11.3 Å². The van der Waals surface area contributed by atoms with Gasteiger partial charge in [0.15, 0.2) is 22.5 Å². The molecule has 0 fully saturated rings. The van der Waals surface area contributed by atoms with Crippen LogP contribution in [0.4, 0.5) is 13.9 Å². The lowest BCUT2D eigenvalue weighted by Gasteiger charge is -2.11. The van der Waals surface area contributed by atoms with E-state index >= 15 is 0 Å². The smallest absolute Gasteiger partial charge is 0.357 e. The van der Waals surface area contributed by atoms with Crippen LogP contribution in [0.2, 0.25) is 0 Å². The van der Waals surface area contributed by atoms with Crippen LogP contribution in [0, 0.1) is 11.6 Å². The number of amides is 1. The van der Waals surface area contributed by atoms with Crippen molar-refractivity contribution in [1.82, 2.24) is 4.98 Å². The molecule has 2 rings (SSSR count). The van der Waals surface area contributed by atoms with Gasteiger partial charge in [-0.2, -0.15) is 0 Å². The maximum absolute atomic E-state index is 13.1. The summed E-state index contributed by atoms with van der Waals surface area (Å²) in [6.45, 7) is 0. The van der Waals surface area contributed by atoms with E-state index in [2.05, 4.69) is 15.0 Å². The predicted octanol–water partition coefficient (Wildman–Crippen LogP) is 1.72. The highest BCUT2D eigenvalue weighted by Crippen LogP contribution is 2.17. The molecule has 0 unspecified atom stereocenters. The first kappa shape index (κ1) is 17.0. The van der Waals surface area contributed by atoms with Gasteiger partial charge in [-0.05, 0) is 24.1 Å². The van der Waals surface area contributed by atoms with Crippen LogP contribution in [0.5, 0.6) is 0 Å². The SMILES string of the molecule is COC(=O)c1csc(NC(=O)[C@@H](N)Cc2ccc(F)c(F)c2)n1. The van der Waals surface area contributed by atoms with Crippen molar-refractivity contribution < 1.29 is 23.1 Å². The van der Waals surface area contributed by atoms with Crippen molar-refractivity contribution in [2.45, 2.75) is 12.5 Å². The number of rotatable bonds is 5. The number of nitrogens with two attached hydrogens (primary N) is 1. The molecule has 3 N–H and O–H groups in total. The van der Waals surface area contributed by atoms with Crippen LogP contribution >= 0.6 is 11.3 Å². The Morgan fingerprint density at radius 3 is 2.78 bits per heavy atom. The lowest BCUT2D eigenvalue weighted by atomic mass is 10.1. The molecule has 2 aromatic rings. The topological polar surface area (TPSA) is 94.3 Å². The number of anilines is 1. The fraction of sp³-hybridized carbons (Fsp3) is 0.214. The second-order valence-electron chi connectivity index (χ2n) is 4.58. The summed E-state index contributed by atoms with van der Waals surface area (Å²) in [5, 5.41) is 4.08. The number of nitrogens with zero attached hydrogens (tertiary/aromatic N) is 1. The lowest BCUT2D eigenvalue weighted by Crippen LogP contribution is -2.37. The maximum atomic E-state index is 13.1. The Bertz CT molecular complexity index is 736. The highest BCUT2D eigenvalue weighted by Gasteiger charge is 2.18. The molecule has 0 saturated carbocycles. The Hall–Kier alpha value is -2.39. The summed E-state index contributed by atoms with van der Waals surface area (Å²) in [6, 6.07) is 2.33. The summed E-state index contributed by atoms with van der Waals surface area (Å²) in [7, 11) is 1.22. The molecule has 9 heteroatoms. The minimum Gasteiger partial charge on any atom is -0.464 e. The molecule has 1 aromatic carbocycles. The summed E-state index contributed by atoms with van der Waals surface area (Å²) < 4.78 is 30.5. The van der Waals surface area contributed by atoms with E-state index in [0.29, 0.717) is 5.56 Å². The average molecular weight is 341 g/mol. The normalized spacial score (nSPS) is 11.8. The first-order chi connectivity index (χ1) is 10.9. The predicted molar refractivity (Wildman–Crippen MR) is 80.1 cm³/mol. The molecule has 1 heterocycles. The minimum atomic E-state index is -1.00. The van der Waals surface area contributed by atoms with Crippen LogP contribution in [0.3, 0.4) is 0 Å². The molecule has 122 valence electrons. The zero-order chi connectivity index (χ0) is 17.0. The number of aromatic nitrogens is 1. The molecule has 1 amide bonds. The third kappa shape index (κ3) is 4.30. The quantitative estimate of drug-likeness (QED) is 0.808. The number of benzene rings is 1. The second-order valence-corrected chi connectivity index (χ2v) is 5.44. The van der Waals surface area contributed by atoms with E-state index in [4.69, 9.17) is 5.73 Å². The van der Waals surface area contributed by atoms with Crippen molar-refractivity contribution in [3.8, 4) is 0 Å². The molecule has 1 atom stereocenters. The number of carbonyl (C=O) groups excluding carboxylic acids is 2. The van der Waals surface area contributed by atoms with Gasteiger partial charge in [0.25, 0.3) is 0 Å². The van der Waals surface area contributed by atoms with E-state index < -0.39 is 29.6 Å². The minimum absolute atomic E-state index is 0.0261. The third-order valence-electron chi connectivity index (χ3n) is 2.91. The fourth-order valence-electron chi connectivity index (χ4n) is 1.74. The molecular weight excluding hydrogens is 328 g/mol. The van der Waals surface area contributed by atoms with Gasteiger partial charge in [0.2, 0.25) is 5.91 Å². The molecule has 0 aliphatic heterocycles. The maximum Gasteiger partial charge on any atom is 0.357 e. The van der Waals surface area contributed by atoms with Gasteiger partial charge in [-0.3, -0.25) is 4.79 Å². The van der Waals surface area contributed by atoms with E-state index in [1.54, 1.807) is 0 Å². The Kier molecular flexibility index (Phi) is 5.35. The average Bonchev–Trinajstić information content (AvgIpc) is 2.98. The molecule has 0 saturated heterocycles. The van der Waals surface area contributed by atoms with Gasteiger partial charge < -0.3 is 15.8 Å². The molecule has 0 spiro atoms. The summed E-state index contributed by atoms with van der Waals surface area (Å²) in [5.41, 5.74) is 6.20. The number of hydrogen-bond donors (Lipinski definition) is 2. The van der Waals surface area contributed by atoms with E-state index in [1.165, 1.54) is 18.6 Å². The van der Waals surface area contributed by atoms with Crippen molar-refractivity contribution in [3.05, 3.63) is 46.5 Å². The Morgan fingerprint density at radius 1 is 1.39 bits per heavy atom. The summed E-state index contributed by atoms with van der Waals surface area (Å²) in [4.78, 5) is 27.1. The zero-order valence-corrected chi connectivity index (χ0v) is 12.8. The first-order valence-electron chi connectivity index (χ1n) is 6.45. The van der Waals surface area contributed by atoms with E-state index in [9.17, 15) is 18.4 Å².